The standard InChI is InChI=1S/C21H22FN3O2/c1-24(11-15-5-3-2-4-6-15)21(26)20-18-13-25(14-19(18)27-23-20)12-16-7-9-17(22)10-8-16/h2-10,18-19H,11-14H2,1H3/t18-,19+/m0/s1. The van der Waals surface area contributed by atoms with E-state index in [1.54, 1.807) is 24.1 Å². The Balaban J connectivity index is 1.38. The van der Waals surface area contributed by atoms with Gasteiger partial charge in [-0.3, -0.25) is 9.69 Å². The minimum absolute atomic E-state index is 0.0174. The predicted octanol–water partition coefficient (Wildman–Crippen LogP) is 2.67. The Morgan fingerprint density at radius 3 is 2.63 bits per heavy atom. The molecule has 0 radical (unpaired) electrons. The average Bonchev–Trinajstić information content (AvgIpc) is 3.24. The molecule has 2 atom stereocenters. The molecule has 0 saturated carbocycles. The molecule has 0 spiro atoms. The third-order valence-electron chi connectivity index (χ3n) is 5.13. The molecule has 1 saturated heterocycles. The quantitative estimate of drug-likeness (QED) is 0.816. The number of benzene rings is 2. The number of nitrogens with zero attached hydrogens (tertiary/aromatic N) is 3. The number of rotatable bonds is 5. The van der Waals surface area contributed by atoms with Gasteiger partial charge in [-0.2, -0.15) is 0 Å². The topological polar surface area (TPSA) is 45.1 Å². The largest absolute Gasteiger partial charge is 0.390 e. The molecule has 0 aromatic heterocycles. The van der Waals surface area contributed by atoms with E-state index in [0.717, 1.165) is 11.1 Å². The van der Waals surface area contributed by atoms with E-state index in [1.807, 2.05) is 30.3 Å². The minimum Gasteiger partial charge on any atom is -0.390 e. The Hall–Kier alpha value is -2.73. The SMILES string of the molecule is CN(Cc1ccccc1)C(=O)C1=NO[C@@H]2CN(Cc3ccc(F)cc3)C[C@H]12. The molecule has 2 aromatic carbocycles. The number of likely N-dealkylation sites (tertiary alicyclic amines) is 1. The Bertz CT molecular complexity index is 838. The van der Waals surface area contributed by atoms with Crippen molar-refractivity contribution in [3.8, 4) is 0 Å². The van der Waals surface area contributed by atoms with Crippen LogP contribution in [0.25, 0.3) is 0 Å². The Morgan fingerprint density at radius 2 is 1.89 bits per heavy atom. The van der Waals surface area contributed by atoms with Crippen molar-refractivity contribution in [2.24, 2.45) is 11.1 Å². The maximum Gasteiger partial charge on any atom is 0.272 e. The molecule has 0 aliphatic carbocycles. The lowest BCUT2D eigenvalue weighted by Gasteiger charge is -2.19. The van der Waals surface area contributed by atoms with E-state index in [9.17, 15) is 9.18 Å². The minimum atomic E-state index is -0.234. The summed E-state index contributed by atoms with van der Waals surface area (Å²) in [6.07, 6.45) is -0.0884. The molecule has 6 heteroatoms. The fourth-order valence-corrected chi connectivity index (χ4v) is 3.71. The normalized spacial score (nSPS) is 21.5. The van der Waals surface area contributed by atoms with Crippen LogP contribution in [-0.4, -0.2) is 47.7 Å². The van der Waals surface area contributed by atoms with Crippen molar-refractivity contribution in [2.75, 3.05) is 20.1 Å². The van der Waals surface area contributed by atoms with Gasteiger partial charge in [0.15, 0.2) is 5.71 Å². The molecule has 5 nitrogen and oxygen atoms in total. The fourth-order valence-electron chi connectivity index (χ4n) is 3.71. The molecule has 1 fully saturated rings. The van der Waals surface area contributed by atoms with Gasteiger partial charge >= 0.3 is 0 Å². The van der Waals surface area contributed by atoms with Crippen LogP contribution in [0.3, 0.4) is 0 Å². The van der Waals surface area contributed by atoms with Crippen molar-refractivity contribution < 1.29 is 14.0 Å². The van der Waals surface area contributed by atoms with Gasteiger partial charge in [0.05, 0.1) is 5.92 Å². The Morgan fingerprint density at radius 1 is 1.15 bits per heavy atom. The van der Waals surface area contributed by atoms with Gasteiger partial charge in [0.2, 0.25) is 0 Å². The van der Waals surface area contributed by atoms with Crippen molar-refractivity contribution >= 4 is 11.6 Å². The molecule has 0 N–H and O–H groups in total. The number of hydrogen-bond acceptors (Lipinski definition) is 4. The summed E-state index contributed by atoms with van der Waals surface area (Å²) in [5.41, 5.74) is 2.62. The molecule has 2 heterocycles. The Kier molecular flexibility index (Phi) is 4.90. The lowest BCUT2D eigenvalue weighted by molar-refractivity contribution is -0.123. The number of carbonyl (C=O) groups excluding carboxylic acids is 1. The molecule has 4 rings (SSSR count). The van der Waals surface area contributed by atoms with E-state index in [0.29, 0.717) is 31.9 Å². The first-order valence-corrected chi connectivity index (χ1v) is 9.10. The molecule has 2 aliphatic rings. The first kappa shape index (κ1) is 17.7. The van der Waals surface area contributed by atoms with E-state index < -0.39 is 0 Å². The molecule has 0 unspecified atom stereocenters. The van der Waals surface area contributed by atoms with Crippen LogP contribution < -0.4 is 0 Å². The van der Waals surface area contributed by atoms with Crippen LogP contribution in [-0.2, 0) is 22.7 Å². The third kappa shape index (κ3) is 3.85. The number of fused-ring (bicyclic) bond motifs is 1. The van der Waals surface area contributed by atoms with Crippen molar-refractivity contribution in [3.63, 3.8) is 0 Å². The first-order chi connectivity index (χ1) is 13.1. The lowest BCUT2D eigenvalue weighted by Crippen LogP contribution is -2.38. The van der Waals surface area contributed by atoms with Crippen LogP contribution in [0.5, 0.6) is 0 Å². The number of oxime groups is 1. The second-order valence-corrected chi connectivity index (χ2v) is 7.19. The fraction of sp³-hybridized carbons (Fsp3) is 0.333. The van der Waals surface area contributed by atoms with Crippen LogP contribution >= 0.6 is 0 Å². The van der Waals surface area contributed by atoms with E-state index in [2.05, 4.69) is 10.1 Å². The highest BCUT2D eigenvalue weighted by atomic mass is 19.1. The molecule has 1 amide bonds. The highest BCUT2D eigenvalue weighted by Crippen LogP contribution is 2.29. The van der Waals surface area contributed by atoms with E-state index in [1.165, 1.54) is 12.1 Å². The van der Waals surface area contributed by atoms with Gasteiger partial charge in [-0.15, -0.1) is 0 Å². The number of hydrogen-bond donors (Lipinski definition) is 0. The van der Waals surface area contributed by atoms with Crippen molar-refractivity contribution in [2.45, 2.75) is 19.2 Å². The summed E-state index contributed by atoms with van der Waals surface area (Å²) in [6.45, 7) is 2.67. The van der Waals surface area contributed by atoms with E-state index >= 15 is 0 Å². The van der Waals surface area contributed by atoms with Gasteiger partial charge in [0, 0.05) is 33.2 Å². The molecule has 27 heavy (non-hydrogen) atoms. The maximum absolute atomic E-state index is 13.1. The summed E-state index contributed by atoms with van der Waals surface area (Å²) in [5.74, 6) is -0.340. The summed E-state index contributed by atoms with van der Waals surface area (Å²) in [7, 11) is 1.79. The second kappa shape index (κ2) is 7.48. The zero-order chi connectivity index (χ0) is 18.8. The predicted molar refractivity (Wildman–Crippen MR) is 100 cm³/mol. The third-order valence-corrected chi connectivity index (χ3v) is 5.13. The van der Waals surface area contributed by atoms with Gasteiger partial charge in [-0.25, -0.2) is 4.39 Å². The molecule has 0 bridgehead atoms. The second-order valence-electron chi connectivity index (χ2n) is 7.19. The van der Waals surface area contributed by atoms with Crippen LogP contribution in [0.1, 0.15) is 11.1 Å². The summed E-state index contributed by atoms with van der Waals surface area (Å²) < 4.78 is 13.1. The first-order valence-electron chi connectivity index (χ1n) is 9.10. The van der Waals surface area contributed by atoms with Gasteiger partial charge in [-0.1, -0.05) is 47.6 Å². The van der Waals surface area contributed by atoms with Gasteiger partial charge in [0.1, 0.15) is 11.9 Å². The van der Waals surface area contributed by atoms with Gasteiger partial charge in [-0.05, 0) is 23.3 Å². The summed E-state index contributed by atoms with van der Waals surface area (Å²) in [4.78, 5) is 22.3. The molecular formula is C21H22FN3O2. The number of amides is 1. The van der Waals surface area contributed by atoms with Crippen molar-refractivity contribution in [1.82, 2.24) is 9.80 Å². The highest BCUT2D eigenvalue weighted by Gasteiger charge is 2.45. The number of halogens is 1. The molecule has 140 valence electrons. The van der Waals surface area contributed by atoms with Crippen LogP contribution in [0.15, 0.2) is 59.8 Å². The molecule has 2 aromatic rings. The Labute approximate surface area is 158 Å². The average molecular weight is 367 g/mol. The van der Waals surface area contributed by atoms with Crippen LogP contribution in [0, 0.1) is 11.7 Å². The monoisotopic (exact) mass is 367 g/mol. The molecule has 2 aliphatic heterocycles. The molecular weight excluding hydrogens is 345 g/mol. The zero-order valence-electron chi connectivity index (χ0n) is 15.2. The smallest absolute Gasteiger partial charge is 0.272 e. The summed E-state index contributed by atoms with van der Waals surface area (Å²) >= 11 is 0. The maximum atomic E-state index is 13.1. The van der Waals surface area contributed by atoms with Gasteiger partial charge in [0.25, 0.3) is 5.91 Å². The van der Waals surface area contributed by atoms with E-state index in [4.69, 9.17) is 4.84 Å². The number of carbonyl (C=O) groups is 1. The van der Waals surface area contributed by atoms with Crippen molar-refractivity contribution in [1.29, 1.82) is 0 Å². The summed E-state index contributed by atoms with van der Waals surface area (Å²) in [6, 6.07) is 16.4. The van der Waals surface area contributed by atoms with Crippen molar-refractivity contribution in [3.05, 3.63) is 71.5 Å². The highest BCUT2D eigenvalue weighted by molar-refractivity contribution is 6.40. The van der Waals surface area contributed by atoms with Gasteiger partial charge < -0.3 is 9.74 Å². The van der Waals surface area contributed by atoms with Crippen LogP contribution in [0.4, 0.5) is 4.39 Å². The van der Waals surface area contributed by atoms with E-state index in [-0.39, 0.29) is 23.7 Å². The summed E-state index contributed by atoms with van der Waals surface area (Å²) in [5, 5.41) is 4.09. The lowest BCUT2D eigenvalue weighted by atomic mass is 10.00. The van der Waals surface area contributed by atoms with Crippen LogP contribution in [0.2, 0.25) is 0 Å². The zero-order valence-corrected chi connectivity index (χ0v) is 15.2.